The molecule has 0 aliphatic rings. The molecule has 0 saturated heterocycles. The van der Waals surface area contributed by atoms with Crippen molar-refractivity contribution in [2.75, 3.05) is 20.1 Å². The first-order valence-corrected chi connectivity index (χ1v) is 12.7. The van der Waals surface area contributed by atoms with Gasteiger partial charge in [0.1, 0.15) is 6.04 Å². The van der Waals surface area contributed by atoms with Crippen LogP contribution in [0.5, 0.6) is 0 Å². The highest BCUT2D eigenvalue weighted by atomic mass is 16.4. The van der Waals surface area contributed by atoms with Gasteiger partial charge in [-0.3, -0.25) is 14.4 Å². The van der Waals surface area contributed by atoms with Crippen LogP contribution in [0.2, 0.25) is 0 Å². The molecule has 35 heavy (non-hydrogen) atoms. The highest BCUT2D eigenvalue weighted by molar-refractivity contribution is 5.87. The summed E-state index contributed by atoms with van der Waals surface area (Å²) in [6, 6.07) is -2.15. The van der Waals surface area contributed by atoms with E-state index in [0.717, 1.165) is 25.7 Å². The number of aliphatic carboxylic acids is 2. The van der Waals surface area contributed by atoms with E-state index < -0.39 is 36.0 Å². The molecule has 0 spiro atoms. The smallest absolute Gasteiger partial charge is 0.326 e. The summed E-state index contributed by atoms with van der Waals surface area (Å²) in [5, 5.41) is 33.3. The minimum Gasteiger partial charge on any atom is -0.481 e. The summed E-state index contributed by atoms with van der Waals surface area (Å²) in [6.07, 6.45) is 4.02. The molecular weight excluding hydrogens is 454 g/mol. The zero-order valence-electron chi connectivity index (χ0n) is 22.0. The van der Waals surface area contributed by atoms with Crippen LogP contribution in [0.15, 0.2) is 0 Å². The number of nitrogens with one attached hydrogen (secondary N) is 5. The van der Waals surface area contributed by atoms with Crippen LogP contribution < -0.4 is 26.6 Å². The topological polar surface area (TPSA) is 169 Å². The van der Waals surface area contributed by atoms with Crippen LogP contribution in [0.3, 0.4) is 0 Å². The molecule has 11 heteroatoms. The highest BCUT2D eigenvalue weighted by Crippen LogP contribution is 2.06. The summed E-state index contributed by atoms with van der Waals surface area (Å²) >= 11 is 0. The maximum absolute atomic E-state index is 12.8. The Balaban J connectivity index is 4.84. The van der Waals surface area contributed by atoms with Crippen molar-refractivity contribution in [3.8, 4) is 0 Å². The molecule has 0 radical (unpaired) electrons. The van der Waals surface area contributed by atoms with Gasteiger partial charge in [0.15, 0.2) is 0 Å². The zero-order chi connectivity index (χ0) is 26.8. The third-order valence-electron chi connectivity index (χ3n) is 5.69. The predicted molar refractivity (Wildman–Crippen MR) is 135 cm³/mol. The second-order valence-electron chi connectivity index (χ2n) is 9.14. The quantitative estimate of drug-likeness (QED) is 0.113. The van der Waals surface area contributed by atoms with Gasteiger partial charge in [0.25, 0.3) is 0 Å². The Morgan fingerprint density at radius 1 is 0.771 bits per heavy atom. The SMILES string of the molecule is CCCC(C)N[C@@H](CNC)C(=O)NCCCC(NC(=O)[C@H](CCC(=O)O)NC(C)CCC)C(=O)O. The fourth-order valence-electron chi connectivity index (χ4n) is 3.88. The second-order valence-corrected chi connectivity index (χ2v) is 9.14. The number of amides is 2. The molecule has 2 amide bonds. The Labute approximate surface area is 209 Å². The van der Waals surface area contributed by atoms with Crippen molar-refractivity contribution >= 4 is 23.8 Å². The van der Waals surface area contributed by atoms with E-state index in [1.54, 1.807) is 7.05 Å². The van der Waals surface area contributed by atoms with Crippen molar-refractivity contribution in [3.63, 3.8) is 0 Å². The van der Waals surface area contributed by atoms with Crippen molar-refractivity contribution < 1.29 is 29.4 Å². The molecule has 0 rings (SSSR count). The van der Waals surface area contributed by atoms with Crippen LogP contribution in [-0.4, -0.2) is 84.3 Å². The van der Waals surface area contributed by atoms with Gasteiger partial charge in [0.05, 0.1) is 12.1 Å². The Bertz CT molecular complexity index is 648. The van der Waals surface area contributed by atoms with E-state index in [1.165, 1.54) is 0 Å². The second kappa shape index (κ2) is 19.0. The molecule has 0 aliphatic heterocycles. The molecule has 0 saturated carbocycles. The van der Waals surface area contributed by atoms with Crippen LogP contribution in [0.1, 0.15) is 79.1 Å². The minimum absolute atomic E-state index is 0.0118. The van der Waals surface area contributed by atoms with E-state index in [-0.39, 0.29) is 43.8 Å². The molecule has 7 N–H and O–H groups in total. The van der Waals surface area contributed by atoms with Crippen LogP contribution in [0.4, 0.5) is 0 Å². The molecule has 3 unspecified atom stereocenters. The van der Waals surface area contributed by atoms with Gasteiger partial charge in [-0.05, 0) is 53.0 Å². The molecule has 0 aromatic heterocycles. The number of carboxylic acids is 2. The van der Waals surface area contributed by atoms with Gasteiger partial charge < -0.3 is 36.8 Å². The van der Waals surface area contributed by atoms with Crippen molar-refractivity contribution in [1.29, 1.82) is 0 Å². The lowest BCUT2D eigenvalue weighted by Crippen LogP contribution is -2.53. The largest absolute Gasteiger partial charge is 0.481 e. The maximum Gasteiger partial charge on any atom is 0.326 e. The number of hydrogen-bond donors (Lipinski definition) is 7. The monoisotopic (exact) mass is 501 g/mol. The number of likely N-dealkylation sites (N-methyl/N-ethyl adjacent to an activating group) is 1. The van der Waals surface area contributed by atoms with Crippen LogP contribution >= 0.6 is 0 Å². The van der Waals surface area contributed by atoms with E-state index in [1.807, 2.05) is 20.8 Å². The molecule has 0 aromatic rings. The number of hydrogen-bond acceptors (Lipinski definition) is 7. The highest BCUT2D eigenvalue weighted by Gasteiger charge is 2.27. The lowest BCUT2D eigenvalue weighted by atomic mass is 10.1. The van der Waals surface area contributed by atoms with Gasteiger partial charge in [0, 0.05) is 31.6 Å². The standard InChI is InChI=1S/C24H47N5O6/c1-6-9-16(3)27-18(12-13-21(30)31)23(33)29-19(24(34)35)11-8-14-26-22(32)20(15-25-5)28-17(4)10-7-2/h16-20,25,27-28H,6-15H2,1-5H3,(H,26,32)(H,29,33)(H,30,31)(H,34,35)/t16?,17?,18-,19?,20-/m0/s1. The number of carboxylic acid groups (broad SMARTS) is 2. The molecule has 0 heterocycles. The van der Waals surface area contributed by atoms with Crippen LogP contribution in [-0.2, 0) is 19.2 Å². The minimum atomic E-state index is -1.17. The van der Waals surface area contributed by atoms with E-state index in [2.05, 4.69) is 33.5 Å². The van der Waals surface area contributed by atoms with Gasteiger partial charge >= 0.3 is 11.9 Å². The van der Waals surface area contributed by atoms with Gasteiger partial charge in [0.2, 0.25) is 11.8 Å². The van der Waals surface area contributed by atoms with Crippen LogP contribution in [0, 0.1) is 0 Å². The molecule has 11 nitrogen and oxygen atoms in total. The number of rotatable bonds is 21. The lowest BCUT2D eigenvalue weighted by molar-refractivity contribution is -0.143. The predicted octanol–water partition coefficient (Wildman–Crippen LogP) is 0.830. The fraction of sp³-hybridized carbons (Fsp3) is 0.833. The molecule has 0 aromatic carbocycles. The molecule has 204 valence electrons. The first-order valence-electron chi connectivity index (χ1n) is 12.7. The normalized spacial score (nSPS) is 15.5. The Morgan fingerprint density at radius 2 is 1.34 bits per heavy atom. The van der Waals surface area contributed by atoms with E-state index >= 15 is 0 Å². The summed E-state index contributed by atoms with van der Waals surface area (Å²) in [6.45, 7) is 8.76. The summed E-state index contributed by atoms with van der Waals surface area (Å²) in [4.78, 5) is 48.0. The molecule has 0 aliphatic carbocycles. The molecule has 0 fully saturated rings. The third-order valence-corrected chi connectivity index (χ3v) is 5.69. The van der Waals surface area contributed by atoms with E-state index in [0.29, 0.717) is 13.0 Å². The van der Waals surface area contributed by atoms with Gasteiger partial charge in [-0.2, -0.15) is 0 Å². The zero-order valence-corrected chi connectivity index (χ0v) is 22.0. The Morgan fingerprint density at radius 3 is 1.83 bits per heavy atom. The van der Waals surface area contributed by atoms with Crippen molar-refractivity contribution in [1.82, 2.24) is 26.6 Å². The van der Waals surface area contributed by atoms with Gasteiger partial charge in [-0.15, -0.1) is 0 Å². The molecular formula is C24H47N5O6. The number of carbonyl (C=O) groups is 4. The summed E-state index contributed by atoms with van der Waals surface area (Å²) in [7, 11) is 1.77. The lowest BCUT2D eigenvalue weighted by Gasteiger charge is -2.24. The van der Waals surface area contributed by atoms with Crippen molar-refractivity contribution in [2.24, 2.45) is 0 Å². The first kappa shape index (κ1) is 32.8. The molecule has 5 atom stereocenters. The Hall–Kier alpha value is -2.24. The maximum atomic E-state index is 12.8. The van der Waals surface area contributed by atoms with Crippen LogP contribution in [0.25, 0.3) is 0 Å². The first-order chi connectivity index (χ1) is 16.5. The number of carbonyl (C=O) groups excluding carboxylic acids is 2. The van der Waals surface area contributed by atoms with Gasteiger partial charge in [-0.25, -0.2) is 4.79 Å². The average Bonchev–Trinajstić information content (AvgIpc) is 2.78. The van der Waals surface area contributed by atoms with Gasteiger partial charge in [-0.1, -0.05) is 26.7 Å². The fourth-order valence-corrected chi connectivity index (χ4v) is 3.88. The van der Waals surface area contributed by atoms with E-state index in [9.17, 15) is 24.3 Å². The van der Waals surface area contributed by atoms with Crippen molar-refractivity contribution in [2.45, 2.75) is 109 Å². The third kappa shape index (κ3) is 15.4. The van der Waals surface area contributed by atoms with E-state index in [4.69, 9.17) is 5.11 Å². The summed E-state index contributed by atoms with van der Waals surface area (Å²) in [5.41, 5.74) is 0. The summed E-state index contributed by atoms with van der Waals surface area (Å²) in [5.74, 6) is -2.89. The average molecular weight is 502 g/mol. The Kier molecular flexibility index (Phi) is 17.8. The van der Waals surface area contributed by atoms with Crippen molar-refractivity contribution in [3.05, 3.63) is 0 Å². The molecule has 0 bridgehead atoms. The summed E-state index contributed by atoms with van der Waals surface area (Å²) < 4.78 is 0.